The van der Waals surface area contributed by atoms with Gasteiger partial charge in [0.25, 0.3) is 5.91 Å². The third kappa shape index (κ3) is 3.02. The zero-order chi connectivity index (χ0) is 17.9. The average molecular weight is 344 g/mol. The van der Waals surface area contributed by atoms with Gasteiger partial charge in [-0.2, -0.15) is 0 Å². The summed E-state index contributed by atoms with van der Waals surface area (Å²) in [5, 5.41) is 2.87. The van der Waals surface area contributed by atoms with Crippen LogP contribution in [0.25, 0.3) is 22.6 Å². The van der Waals surface area contributed by atoms with E-state index in [1.165, 1.54) is 7.11 Å². The third-order valence-electron chi connectivity index (χ3n) is 4.02. The normalized spacial score (nSPS) is 10.7. The highest BCUT2D eigenvalue weighted by atomic mass is 16.5. The first kappa shape index (κ1) is 15.9. The van der Waals surface area contributed by atoms with Crippen molar-refractivity contribution >= 4 is 22.7 Å². The molecule has 4 aromatic rings. The number of nitrogens with zero attached hydrogens (tertiary/aromatic N) is 1. The molecule has 5 heteroatoms. The van der Waals surface area contributed by atoms with Crippen LogP contribution in [0.4, 0.5) is 5.69 Å². The number of nitrogens with one attached hydrogen (secondary N) is 1. The second kappa shape index (κ2) is 6.72. The lowest BCUT2D eigenvalue weighted by Crippen LogP contribution is -2.12. The van der Waals surface area contributed by atoms with Crippen molar-refractivity contribution in [3.8, 4) is 17.2 Å². The minimum Gasteiger partial charge on any atom is -0.496 e. The van der Waals surface area contributed by atoms with Gasteiger partial charge in [0.2, 0.25) is 5.89 Å². The Kier molecular flexibility index (Phi) is 4.11. The van der Waals surface area contributed by atoms with Gasteiger partial charge in [0.15, 0.2) is 5.58 Å². The van der Waals surface area contributed by atoms with Crippen molar-refractivity contribution in [1.82, 2.24) is 4.98 Å². The molecule has 0 radical (unpaired) electrons. The summed E-state index contributed by atoms with van der Waals surface area (Å²) >= 11 is 0. The van der Waals surface area contributed by atoms with Gasteiger partial charge in [0.05, 0.1) is 12.7 Å². The van der Waals surface area contributed by atoms with E-state index in [1.54, 1.807) is 30.3 Å². The van der Waals surface area contributed by atoms with Gasteiger partial charge in [-0.3, -0.25) is 4.79 Å². The van der Waals surface area contributed by atoms with Crippen molar-refractivity contribution in [2.24, 2.45) is 0 Å². The highest BCUT2D eigenvalue weighted by Gasteiger charge is 2.13. The van der Waals surface area contributed by atoms with E-state index in [0.29, 0.717) is 28.5 Å². The molecular weight excluding hydrogens is 328 g/mol. The minimum atomic E-state index is -0.246. The summed E-state index contributed by atoms with van der Waals surface area (Å²) in [6, 6.07) is 22.2. The number of benzene rings is 3. The maximum Gasteiger partial charge on any atom is 0.259 e. The van der Waals surface area contributed by atoms with Crippen LogP contribution >= 0.6 is 0 Å². The maximum absolute atomic E-state index is 12.5. The molecule has 1 N–H and O–H groups in total. The lowest BCUT2D eigenvalue weighted by Gasteiger charge is -2.08. The molecule has 128 valence electrons. The lowest BCUT2D eigenvalue weighted by atomic mass is 10.2. The van der Waals surface area contributed by atoms with Gasteiger partial charge >= 0.3 is 0 Å². The van der Waals surface area contributed by atoms with Crippen molar-refractivity contribution in [2.75, 3.05) is 12.4 Å². The fourth-order valence-corrected chi connectivity index (χ4v) is 2.74. The Morgan fingerprint density at radius 3 is 2.58 bits per heavy atom. The van der Waals surface area contributed by atoms with Crippen LogP contribution in [0, 0.1) is 0 Å². The lowest BCUT2D eigenvalue weighted by molar-refractivity contribution is 0.102. The molecule has 0 bridgehead atoms. The Balaban J connectivity index is 1.62. The Morgan fingerprint density at radius 1 is 1.00 bits per heavy atom. The number of hydrogen-bond donors (Lipinski definition) is 1. The first-order chi connectivity index (χ1) is 12.7. The number of fused-ring (bicyclic) bond motifs is 1. The fraction of sp³-hybridized carbons (Fsp3) is 0.0476. The van der Waals surface area contributed by atoms with Crippen LogP contribution in [0.3, 0.4) is 0 Å². The van der Waals surface area contributed by atoms with E-state index >= 15 is 0 Å². The third-order valence-corrected chi connectivity index (χ3v) is 4.02. The number of rotatable bonds is 4. The first-order valence-corrected chi connectivity index (χ1v) is 8.15. The molecule has 0 aliphatic carbocycles. The topological polar surface area (TPSA) is 64.4 Å². The molecular formula is C21H16N2O3. The number of para-hydroxylation sites is 1. The molecule has 0 fully saturated rings. The van der Waals surface area contributed by atoms with Gasteiger partial charge in [0, 0.05) is 17.3 Å². The molecule has 1 heterocycles. The predicted octanol–water partition coefficient (Wildman–Crippen LogP) is 4.76. The second-order valence-corrected chi connectivity index (χ2v) is 5.72. The zero-order valence-electron chi connectivity index (χ0n) is 14.1. The summed E-state index contributed by atoms with van der Waals surface area (Å²) in [6.45, 7) is 0. The number of methoxy groups -OCH3 is 1. The van der Waals surface area contributed by atoms with Crippen LogP contribution in [-0.4, -0.2) is 18.0 Å². The Labute approximate surface area is 150 Å². The predicted molar refractivity (Wildman–Crippen MR) is 100 cm³/mol. The molecule has 0 atom stereocenters. The van der Waals surface area contributed by atoms with E-state index in [1.807, 2.05) is 42.5 Å². The van der Waals surface area contributed by atoms with E-state index in [0.717, 1.165) is 11.1 Å². The summed E-state index contributed by atoms with van der Waals surface area (Å²) in [5.41, 5.74) is 3.35. The molecule has 0 unspecified atom stereocenters. The van der Waals surface area contributed by atoms with Gasteiger partial charge in [-0.25, -0.2) is 4.98 Å². The van der Waals surface area contributed by atoms with E-state index in [2.05, 4.69) is 10.3 Å². The number of oxazole rings is 1. The van der Waals surface area contributed by atoms with Crippen molar-refractivity contribution in [2.45, 2.75) is 0 Å². The van der Waals surface area contributed by atoms with Gasteiger partial charge in [-0.15, -0.1) is 0 Å². The van der Waals surface area contributed by atoms with E-state index in [9.17, 15) is 4.79 Å². The van der Waals surface area contributed by atoms with Gasteiger partial charge in [0.1, 0.15) is 11.3 Å². The molecule has 0 aliphatic heterocycles. The number of ether oxygens (including phenoxy) is 1. The van der Waals surface area contributed by atoms with Crippen LogP contribution in [0.1, 0.15) is 10.4 Å². The number of carbonyl (C=O) groups is 1. The molecule has 1 amide bonds. The average Bonchev–Trinajstić information content (AvgIpc) is 3.12. The van der Waals surface area contributed by atoms with Gasteiger partial charge < -0.3 is 14.5 Å². The molecule has 26 heavy (non-hydrogen) atoms. The number of aromatic nitrogens is 1. The standard InChI is InChI=1S/C21H16N2O3/c1-25-18-10-6-5-9-16(18)20(24)22-15-11-12-17-19(13-15)26-21(23-17)14-7-3-2-4-8-14/h2-13H,1H3,(H,22,24). The molecule has 5 nitrogen and oxygen atoms in total. The van der Waals surface area contributed by atoms with Crippen LogP contribution in [0.5, 0.6) is 5.75 Å². The summed E-state index contributed by atoms with van der Waals surface area (Å²) in [6.07, 6.45) is 0. The summed E-state index contributed by atoms with van der Waals surface area (Å²) < 4.78 is 11.1. The largest absolute Gasteiger partial charge is 0.496 e. The van der Waals surface area contributed by atoms with E-state index in [-0.39, 0.29) is 5.91 Å². The highest BCUT2D eigenvalue weighted by molar-refractivity contribution is 6.06. The van der Waals surface area contributed by atoms with E-state index < -0.39 is 0 Å². The number of carbonyl (C=O) groups excluding carboxylic acids is 1. The monoisotopic (exact) mass is 344 g/mol. The molecule has 0 aliphatic rings. The molecule has 1 aromatic heterocycles. The SMILES string of the molecule is COc1ccccc1C(=O)Nc1ccc2nc(-c3ccccc3)oc2c1. The molecule has 0 spiro atoms. The Bertz CT molecular complexity index is 1070. The molecule has 0 saturated carbocycles. The van der Waals surface area contributed by atoms with Crippen molar-refractivity contribution in [3.63, 3.8) is 0 Å². The quantitative estimate of drug-likeness (QED) is 0.580. The highest BCUT2D eigenvalue weighted by Crippen LogP contribution is 2.27. The van der Waals surface area contributed by atoms with Crippen molar-refractivity contribution in [1.29, 1.82) is 0 Å². The zero-order valence-corrected chi connectivity index (χ0v) is 14.1. The van der Waals surface area contributed by atoms with Gasteiger partial charge in [-0.1, -0.05) is 30.3 Å². The summed E-state index contributed by atoms with van der Waals surface area (Å²) in [7, 11) is 1.54. The van der Waals surface area contributed by atoms with Crippen molar-refractivity contribution < 1.29 is 13.9 Å². The van der Waals surface area contributed by atoms with Crippen LogP contribution in [0.2, 0.25) is 0 Å². The molecule has 0 saturated heterocycles. The van der Waals surface area contributed by atoms with Gasteiger partial charge in [-0.05, 0) is 36.4 Å². The maximum atomic E-state index is 12.5. The summed E-state index contributed by atoms with van der Waals surface area (Å²) in [4.78, 5) is 17.0. The molecule has 3 aromatic carbocycles. The van der Waals surface area contributed by atoms with Crippen molar-refractivity contribution in [3.05, 3.63) is 78.4 Å². The molecule has 4 rings (SSSR count). The number of anilines is 1. The number of amides is 1. The Hall–Kier alpha value is -3.60. The summed E-state index contributed by atoms with van der Waals surface area (Å²) in [5.74, 6) is 0.829. The van der Waals surface area contributed by atoms with Crippen LogP contribution in [0.15, 0.2) is 77.2 Å². The smallest absolute Gasteiger partial charge is 0.259 e. The van der Waals surface area contributed by atoms with E-state index in [4.69, 9.17) is 9.15 Å². The second-order valence-electron chi connectivity index (χ2n) is 5.72. The fourth-order valence-electron chi connectivity index (χ4n) is 2.74. The van der Waals surface area contributed by atoms with Crippen LogP contribution in [-0.2, 0) is 0 Å². The van der Waals surface area contributed by atoms with Crippen LogP contribution < -0.4 is 10.1 Å². The minimum absolute atomic E-state index is 0.246. The first-order valence-electron chi connectivity index (χ1n) is 8.15. The number of hydrogen-bond acceptors (Lipinski definition) is 4. The Morgan fingerprint density at radius 2 is 1.77 bits per heavy atom.